The maximum atomic E-state index is 14.6. The quantitative estimate of drug-likeness (QED) is 0.378. The third-order valence-electron chi connectivity index (χ3n) is 8.59. The molecule has 2 bridgehead atoms. The number of rotatable bonds is 8. The Morgan fingerprint density at radius 3 is 2.32 bits per heavy atom. The Kier molecular flexibility index (Phi) is 8.12. The van der Waals surface area contributed by atoms with Crippen molar-refractivity contribution in [2.24, 2.45) is 11.8 Å². The molecule has 0 radical (unpaired) electrons. The number of aromatic nitrogens is 3. The smallest absolute Gasteiger partial charge is 0.433 e. The van der Waals surface area contributed by atoms with Gasteiger partial charge in [-0.3, -0.25) is 24.0 Å². The van der Waals surface area contributed by atoms with Gasteiger partial charge in [0.1, 0.15) is 0 Å². The normalized spacial score (nSPS) is 27.7. The number of ketones is 1. The van der Waals surface area contributed by atoms with Crippen LogP contribution in [0, 0.1) is 11.8 Å². The van der Waals surface area contributed by atoms with E-state index in [1.165, 1.54) is 12.4 Å². The second-order valence-electron chi connectivity index (χ2n) is 11.3. The summed E-state index contributed by atoms with van der Waals surface area (Å²) in [5, 5.41) is 13.3. The lowest BCUT2D eigenvalue weighted by Crippen LogP contribution is -2.47. The van der Waals surface area contributed by atoms with E-state index in [0.29, 0.717) is 12.8 Å². The van der Waals surface area contributed by atoms with Gasteiger partial charge in [-0.2, -0.15) is 18.3 Å². The summed E-state index contributed by atoms with van der Waals surface area (Å²) in [6.07, 6.45) is 1.68. The van der Waals surface area contributed by atoms with E-state index < -0.39 is 59.2 Å². The molecule has 0 unspecified atom stereocenters. The first kappa shape index (κ1) is 29.8. The lowest BCUT2D eigenvalue weighted by atomic mass is 9.78. The lowest BCUT2D eigenvalue weighted by Gasteiger charge is -2.34. The Balaban J connectivity index is 1.49. The number of carbonyl (C=O) groups is 3. The summed E-state index contributed by atoms with van der Waals surface area (Å²) in [5.74, 6) is -3.69. The van der Waals surface area contributed by atoms with E-state index in [4.69, 9.17) is 27.9 Å². The molecule has 3 aliphatic rings. The molecule has 41 heavy (non-hydrogen) atoms. The molecule has 1 N–H and O–H groups in total. The topological polar surface area (TPSA) is 115 Å². The highest BCUT2D eigenvalue weighted by atomic mass is 35.5. The summed E-state index contributed by atoms with van der Waals surface area (Å²) in [4.78, 5) is 43.7. The van der Waals surface area contributed by atoms with E-state index in [1.54, 1.807) is 6.92 Å². The Hall–Kier alpha value is -2.70. The van der Waals surface area contributed by atoms with Crippen LogP contribution in [0.4, 0.5) is 13.2 Å². The largest absolute Gasteiger partial charge is 0.481 e. The molecular formula is C27H29Cl2F3N4O5. The Labute approximate surface area is 243 Å². The van der Waals surface area contributed by atoms with Crippen LogP contribution in [0.15, 0.2) is 18.6 Å². The van der Waals surface area contributed by atoms with Crippen molar-refractivity contribution in [3.63, 3.8) is 0 Å². The van der Waals surface area contributed by atoms with Crippen LogP contribution in [0.3, 0.4) is 0 Å². The van der Waals surface area contributed by atoms with E-state index in [-0.39, 0.29) is 53.4 Å². The molecule has 0 aromatic carbocycles. The van der Waals surface area contributed by atoms with Crippen molar-refractivity contribution in [1.29, 1.82) is 0 Å². The van der Waals surface area contributed by atoms with Crippen molar-refractivity contribution >= 4 is 40.9 Å². The fraction of sp³-hybridized carbons (Fsp3) is 0.593. The Bertz CT molecular complexity index is 1340. The molecule has 222 valence electrons. The molecule has 2 aromatic heterocycles. The Morgan fingerprint density at radius 2 is 1.78 bits per heavy atom. The first-order valence-corrected chi connectivity index (χ1v) is 14.2. The monoisotopic (exact) mass is 616 g/mol. The zero-order valence-electron chi connectivity index (χ0n) is 22.2. The van der Waals surface area contributed by atoms with Crippen LogP contribution < -0.4 is 0 Å². The average Bonchev–Trinajstić information content (AvgIpc) is 3.62. The maximum absolute atomic E-state index is 14.6. The number of carboxylic acid groups (broad SMARTS) is 1. The highest BCUT2D eigenvalue weighted by Gasteiger charge is 2.49. The number of hydrogen-bond donors (Lipinski definition) is 1. The third-order valence-corrected chi connectivity index (χ3v) is 9.17. The number of amides is 1. The molecule has 1 aliphatic carbocycles. The highest BCUT2D eigenvalue weighted by molar-refractivity contribution is 6.39. The first-order valence-electron chi connectivity index (χ1n) is 13.5. The lowest BCUT2D eigenvalue weighted by molar-refractivity contribution is -0.149. The zero-order chi connectivity index (χ0) is 29.7. The van der Waals surface area contributed by atoms with Gasteiger partial charge in [-0.05, 0) is 50.9 Å². The molecule has 2 aromatic rings. The molecule has 14 heteroatoms. The minimum Gasteiger partial charge on any atom is -0.481 e. The molecule has 4 heterocycles. The number of ether oxygens (including phenoxy) is 1. The molecule has 5 rings (SSSR count). The fourth-order valence-corrected chi connectivity index (χ4v) is 7.16. The van der Waals surface area contributed by atoms with Crippen molar-refractivity contribution in [2.75, 3.05) is 13.1 Å². The predicted octanol–water partition coefficient (Wildman–Crippen LogP) is 5.70. The molecule has 3 atom stereocenters. The van der Waals surface area contributed by atoms with Crippen molar-refractivity contribution < 1.29 is 37.4 Å². The summed E-state index contributed by atoms with van der Waals surface area (Å²) in [7, 11) is 0. The van der Waals surface area contributed by atoms with Crippen molar-refractivity contribution in [2.45, 2.75) is 75.8 Å². The van der Waals surface area contributed by atoms with E-state index in [2.05, 4.69) is 10.1 Å². The minimum atomic E-state index is -4.94. The van der Waals surface area contributed by atoms with Crippen LogP contribution in [0.5, 0.6) is 0 Å². The number of pyridine rings is 1. The number of aliphatic carboxylic acids is 1. The van der Waals surface area contributed by atoms with Crippen molar-refractivity contribution in [3.8, 4) is 0 Å². The van der Waals surface area contributed by atoms with Crippen LogP contribution >= 0.6 is 23.2 Å². The summed E-state index contributed by atoms with van der Waals surface area (Å²) >= 11 is 12.3. The van der Waals surface area contributed by atoms with Crippen molar-refractivity contribution in [1.82, 2.24) is 19.7 Å². The maximum Gasteiger partial charge on any atom is 0.433 e. The molecule has 2 aliphatic heterocycles. The number of halogens is 5. The zero-order valence-corrected chi connectivity index (χ0v) is 23.7. The van der Waals surface area contributed by atoms with E-state index in [9.17, 15) is 32.7 Å². The summed E-state index contributed by atoms with van der Waals surface area (Å²) < 4.78 is 50.5. The Morgan fingerprint density at radius 1 is 1.12 bits per heavy atom. The number of hydrogen-bond acceptors (Lipinski definition) is 6. The van der Waals surface area contributed by atoms with Crippen LogP contribution in [0.2, 0.25) is 10.0 Å². The van der Waals surface area contributed by atoms with Crippen LogP contribution in [-0.2, 0) is 15.7 Å². The van der Waals surface area contributed by atoms with Crippen LogP contribution in [0.1, 0.15) is 84.3 Å². The molecule has 9 nitrogen and oxygen atoms in total. The van der Waals surface area contributed by atoms with Crippen LogP contribution in [0.25, 0.3) is 0 Å². The van der Waals surface area contributed by atoms with Gasteiger partial charge >= 0.3 is 12.1 Å². The summed E-state index contributed by atoms with van der Waals surface area (Å²) in [5.41, 5.74) is -2.74. The van der Waals surface area contributed by atoms with Gasteiger partial charge < -0.3 is 14.7 Å². The highest BCUT2D eigenvalue weighted by Crippen LogP contribution is 2.45. The van der Waals surface area contributed by atoms with E-state index in [1.807, 2.05) is 0 Å². The SMILES string of the molecule is C[C@@H]1C[C@H](n2ncc(C(=O)N(CC(=O)c3c(Cl)cncc3Cl)CC34CCC(CC3)O4)c2C(F)(F)F)CC[C@H]1C(=O)O. The number of Topliss-reactive ketones (excluding diaryl/α,β-unsaturated/α-hetero) is 1. The van der Waals surface area contributed by atoms with Gasteiger partial charge in [-0.1, -0.05) is 30.1 Å². The molecule has 1 saturated carbocycles. The third kappa shape index (κ3) is 5.83. The number of fused-ring (bicyclic) bond motifs is 2. The van der Waals surface area contributed by atoms with Gasteiger partial charge in [-0.15, -0.1) is 0 Å². The molecular weight excluding hydrogens is 588 g/mol. The predicted molar refractivity (Wildman–Crippen MR) is 141 cm³/mol. The molecule has 1 amide bonds. The number of carboxylic acids is 1. The van der Waals surface area contributed by atoms with Crippen molar-refractivity contribution in [3.05, 3.63) is 45.5 Å². The second-order valence-corrected chi connectivity index (χ2v) is 12.1. The van der Waals surface area contributed by atoms with Crippen LogP contribution in [-0.4, -0.2) is 67.2 Å². The number of alkyl halides is 3. The second kappa shape index (κ2) is 11.2. The van der Waals surface area contributed by atoms with Gasteiger partial charge in [-0.25, -0.2) is 0 Å². The number of carbonyl (C=O) groups excluding carboxylic acids is 2. The summed E-state index contributed by atoms with van der Waals surface area (Å²) in [6.45, 7) is 1.02. The van der Waals surface area contributed by atoms with Gasteiger partial charge in [0.2, 0.25) is 0 Å². The molecule has 0 spiro atoms. The molecule has 2 saturated heterocycles. The fourth-order valence-electron chi connectivity index (χ4n) is 6.58. The summed E-state index contributed by atoms with van der Waals surface area (Å²) in [6, 6.07) is -0.740. The van der Waals surface area contributed by atoms with Gasteiger partial charge in [0.05, 0.1) is 64.1 Å². The van der Waals surface area contributed by atoms with Gasteiger partial charge in [0, 0.05) is 12.4 Å². The van der Waals surface area contributed by atoms with E-state index >= 15 is 0 Å². The van der Waals surface area contributed by atoms with Gasteiger partial charge in [0.15, 0.2) is 11.5 Å². The minimum absolute atomic E-state index is 0.0168. The first-order chi connectivity index (χ1) is 19.3. The van der Waals surface area contributed by atoms with Gasteiger partial charge in [0.25, 0.3) is 5.91 Å². The standard InChI is InChI=1S/C27H29Cl2F3N4O5/c1-14-8-15(2-3-17(14)25(39)40)36-23(27(30,31)32)18(9-34-36)24(38)35(13-26-6-4-16(41-26)5-7-26)12-21(37)22-19(28)10-33-11-20(22)29/h9-11,14-17H,2-8,12-13H2,1H3,(H,39,40)/t14-,15-,16?,17-,26?/m1/s1. The number of nitrogens with zero attached hydrogens (tertiary/aromatic N) is 4. The van der Waals surface area contributed by atoms with E-state index in [0.717, 1.165) is 28.6 Å². The molecule has 3 fully saturated rings. The average molecular weight is 617 g/mol.